The van der Waals surface area contributed by atoms with Gasteiger partial charge < -0.3 is 15.4 Å². The Morgan fingerprint density at radius 3 is 2.67 bits per heavy atom. The number of methoxy groups -OCH3 is 1. The molecule has 130 valence electrons. The standard InChI is InChI=1S/C16H17F3N2O2S/c1-3-5-11-12(14(22)23-2)13(21-15(24)20-11)9-6-4-7-10(8-9)16(17,18)19/h4,6-8,13H,3,5H2,1-2H3,(H2,20,21,24)/t13-/m1/s1. The van der Waals surface area contributed by atoms with E-state index in [0.29, 0.717) is 17.7 Å². The Morgan fingerprint density at radius 2 is 2.08 bits per heavy atom. The first-order valence-electron chi connectivity index (χ1n) is 7.34. The fourth-order valence-electron chi connectivity index (χ4n) is 2.56. The SMILES string of the molecule is CCCC1=C(C(=O)OC)[C@@H](c2cccc(C(F)(F)F)c2)NC(=S)N1. The molecule has 4 nitrogen and oxygen atoms in total. The third-order valence-corrected chi connectivity index (χ3v) is 3.83. The number of allylic oxidation sites excluding steroid dienone is 1. The summed E-state index contributed by atoms with van der Waals surface area (Å²) in [6.45, 7) is 1.92. The molecule has 1 aliphatic heterocycles. The minimum atomic E-state index is -4.47. The molecule has 0 aromatic heterocycles. The summed E-state index contributed by atoms with van der Waals surface area (Å²) >= 11 is 5.13. The molecular formula is C16H17F3N2O2S. The van der Waals surface area contributed by atoms with E-state index < -0.39 is 23.8 Å². The first-order chi connectivity index (χ1) is 11.3. The molecule has 0 fully saturated rings. The normalized spacial score (nSPS) is 18.0. The maximum Gasteiger partial charge on any atom is 0.416 e. The number of hydrogen-bond donors (Lipinski definition) is 2. The third kappa shape index (κ3) is 3.87. The highest BCUT2D eigenvalue weighted by atomic mass is 32.1. The molecule has 0 bridgehead atoms. The van der Waals surface area contributed by atoms with Crippen LogP contribution < -0.4 is 10.6 Å². The Hall–Kier alpha value is -2.09. The quantitative estimate of drug-likeness (QED) is 0.638. The maximum absolute atomic E-state index is 13.0. The number of hydrogen-bond acceptors (Lipinski definition) is 3. The molecule has 0 saturated carbocycles. The molecule has 1 aliphatic rings. The molecule has 1 heterocycles. The van der Waals surface area contributed by atoms with E-state index in [9.17, 15) is 18.0 Å². The van der Waals surface area contributed by atoms with Gasteiger partial charge in [-0.1, -0.05) is 25.5 Å². The molecule has 0 amide bonds. The predicted molar refractivity (Wildman–Crippen MR) is 87.0 cm³/mol. The van der Waals surface area contributed by atoms with E-state index in [4.69, 9.17) is 17.0 Å². The van der Waals surface area contributed by atoms with Crippen molar-refractivity contribution in [2.24, 2.45) is 0 Å². The Kier molecular flexibility index (Phi) is 5.48. The van der Waals surface area contributed by atoms with Crippen molar-refractivity contribution >= 4 is 23.3 Å². The van der Waals surface area contributed by atoms with Gasteiger partial charge in [0.25, 0.3) is 0 Å². The van der Waals surface area contributed by atoms with Crippen LogP contribution in [-0.4, -0.2) is 18.2 Å². The molecule has 1 aromatic carbocycles. The van der Waals surface area contributed by atoms with Gasteiger partial charge in [0.1, 0.15) is 0 Å². The number of carbonyl (C=O) groups is 1. The fourth-order valence-corrected chi connectivity index (χ4v) is 2.80. The van der Waals surface area contributed by atoms with E-state index in [2.05, 4.69) is 10.6 Å². The molecule has 8 heteroatoms. The molecule has 1 aromatic rings. The van der Waals surface area contributed by atoms with E-state index >= 15 is 0 Å². The van der Waals surface area contributed by atoms with Crippen LogP contribution in [0, 0.1) is 0 Å². The van der Waals surface area contributed by atoms with E-state index in [1.165, 1.54) is 19.2 Å². The summed E-state index contributed by atoms with van der Waals surface area (Å²) in [5.74, 6) is -0.608. The largest absolute Gasteiger partial charge is 0.466 e. The molecule has 1 atom stereocenters. The van der Waals surface area contributed by atoms with Crippen LogP contribution in [0.3, 0.4) is 0 Å². The Bertz CT molecular complexity index is 686. The van der Waals surface area contributed by atoms with Crippen molar-refractivity contribution in [3.8, 4) is 0 Å². The summed E-state index contributed by atoms with van der Waals surface area (Å²) in [7, 11) is 1.23. The summed E-state index contributed by atoms with van der Waals surface area (Å²) in [4.78, 5) is 12.2. The number of nitrogens with one attached hydrogen (secondary N) is 2. The number of thiocarbonyl (C=S) groups is 1. The number of carbonyl (C=O) groups excluding carboxylic acids is 1. The average molecular weight is 358 g/mol. The second-order valence-corrected chi connectivity index (χ2v) is 5.70. The third-order valence-electron chi connectivity index (χ3n) is 3.61. The first kappa shape index (κ1) is 18.3. The van der Waals surface area contributed by atoms with Crippen molar-refractivity contribution in [3.05, 3.63) is 46.7 Å². The van der Waals surface area contributed by atoms with Crippen LogP contribution in [0.5, 0.6) is 0 Å². The van der Waals surface area contributed by atoms with Crippen LogP contribution in [0.1, 0.15) is 36.9 Å². The van der Waals surface area contributed by atoms with Crippen LogP contribution in [0.4, 0.5) is 13.2 Å². The van der Waals surface area contributed by atoms with Gasteiger partial charge in [-0.2, -0.15) is 13.2 Å². The van der Waals surface area contributed by atoms with E-state index in [1.54, 1.807) is 0 Å². The van der Waals surface area contributed by atoms with E-state index in [1.807, 2.05) is 6.92 Å². The molecule has 0 unspecified atom stereocenters. The Morgan fingerprint density at radius 1 is 1.38 bits per heavy atom. The number of esters is 1. The second-order valence-electron chi connectivity index (χ2n) is 5.29. The lowest BCUT2D eigenvalue weighted by Gasteiger charge is -2.31. The number of benzene rings is 1. The zero-order valence-corrected chi connectivity index (χ0v) is 14.0. The van der Waals surface area contributed by atoms with Crippen molar-refractivity contribution in [3.63, 3.8) is 0 Å². The van der Waals surface area contributed by atoms with Gasteiger partial charge >= 0.3 is 12.1 Å². The van der Waals surface area contributed by atoms with Gasteiger partial charge in [0.15, 0.2) is 5.11 Å². The average Bonchev–Trinajstić information content (AvgIpc) is 2.53. The highest BCUT2D eigenvalue weighted by Crippen LogP contribution is 2.34. The van der Waals surface area contributed by atoms with Gasteiger partial charge in [0.05, 0.1) is 24.3 Å². The summed E-state index contributed by atoms with van der Waals surface area (Å²) in [6.07, 6.45) is -3.20. The van der Waals surface area contributed by atoms with Gasteiger partial charge in [-0.25, -0.2) is 4.79 Å². The maximum atomic E-state index is 13.0. The van der Waals surface area contributed by atoms with Gasteiger partial charge in [0.2, 0.25) is 0 Å². The number of rotatable bonds is 4. The van der Waals surface area contributed by atoms with Crippen molar-refractivity contribution in [2.45, 2.75) is 32.0 Å². The van der Waals surface area contributed by atoms with Crippen molar-refractivity contribution in [2.75, 3.05) is 7.11 Å². The second kappa shape index (κ2) is 7.21. The lowest BCUT2D eigenvalue weighted by molar-refractivity contribution is -0.137. The molecule has 2 N–H and O–H groups in total. The van der Waals surface area contributed by atoms with E-state index in [0.717, 1.165) is 18.6 Å². The van der Waals surface area contributed by atoms with Gasteiger partial charge in [-0.3, -0.25) is 0 Å². The molecule has 0 aliphatic carbocycles. The van der Waals surface area contributed by atoms with Crippen LogP contribution >= 0.6 is 12.2 Å². The first-order valence-corrected chi connectivity index (χ1v) is 7.74. The van der Waals surface area contributed by atoms with E-state index in [-0.39, 0.29) is 10.7 Å². The minimum Gasteiger partial charge on any atom is -0.466 e. The van der Waals surface area contributed by atoms with Crippen molar-refractivity contribution < 1.29 is 22.7 Å². The number of alkyl halides is 3. The number of ether oxygens (including phenoxy) is 1. The van der Waals surface area contributed by atoms with Crippen molar-refractivity contribution in [1.29, 1.82) is 0 Å². The molecular weight excluding hydrogens is 341 g/mol. The predicted octanol–water partition coefficient (Wildman–Crippen LogP) is 3.45. The van der Waals surface area contributed by atoms with Crippen LogP contribution in [0.2, 0.25) is 0 Å². The summed E-state index contributed by atoms with van der Waals surface area (Å²) in [6, 6.07) is 4.03. The number of halogens is 3. The summed E-state index contributed by atoms with van der Waals surface area (Å²) in [5, 5.41) is 6.02. The minimum absolute atomic E-state index is 0.243. The fraction of sp³-hybridized carbons (Fsp3) is 0.375. The zero-order valence-electron chi connectivity index (χ0n) is 13.2. The summed E-state index contributed by atoms with van der Waals surface area (Å²) < 4.78 is 43.7. The van der Waals surface area contributed by atoms with Gasteiger partial charge in [0, 0.05) is 5.70 Å². The Balaban J connectivity index is 2.55. The smallest absolute Gasteiger partial charge is 0.416 e. The topological polar surface area (TPSA) is 50.4 Å². The summed E-state index contributed by atoms with van der Waals surface area (Å²) in [5.41, 5.74) is 0.318. The highest BCUT2D eigenvalue weighted by Gasteiger charge is 2.35. The molecule has 2 rings (SSSR count). The molecule has 24 heavy (non-hydrogen) atoms. The van der Waals surface area contributed by atoms with Gasteiger partial charge in [-0.15, -0.1) is 0 Å². The van der Waals surface area contributed by atoms with Crippen LogP contribution in [-0.2, 0) is 15.7 Å². The molecule has 0 saturated heterocycles. The molecule has 0 radical (unpaired) electrons. The highest BCUT2D eigenvalue weighted by molar-refractivity contribution is 7.80. The van der Waals surface area contributed by atoms with Crippen LogP contribution in [0.15, 0.2) is 35.5 Å². The Labute approximate surface area is 143 Å². The molecule has 0 spiro atoms. The monoisotopic (exact) mass is 358 g/mol. The van der Waals surface area contributed by atoms with Crippen molar-refractivity contribution in [1.82, 2.24) is 10.6 Å². The lowest BCUT2D eigenvalue weighted by atomic mass is 9.93. The lowest BCUT2D eigenvalue weighted by Crippen LogP contribution is -2.45. The zero-order chi connectivity index (χ0) is 17.9. The van der Waals surface area contributed by atoms with Crippen LogP contribution in [0.25, 0.3) is 0 Å². The van der Waals surface area contributed by atoms with Gasteiger partial charge in [-0.05, 0) is 36.3 Å².